The van der Waals surface area contributed by atoms with E-state index in [2.05, 4.69) is 15.0 Å². The Hall–Kier alpha value is -4.39. The lowest BCUT2D eigenvalue weighted by atomic mass is 10.0. The molecule has 1 aromatic heterocycles. The first kappa shape index (κ1) is 28.6. The molecule has 10 nitrogen and oxygen atoms in total. The molecule has 0 N–H and O–H groups in total. The first-order chi connectivity index (χ1) is 18.9. The van der Waals surface area contributed by atoms with Gasteiger partial charge in [-0.1, -0.05) is 23.4 Å². The number of ether oxygens (including phenoxy) is 2. The van der Waals surface area contributed by atoms with Gasteiger partial charge >= 0.3 is 6.09 Å². The number of amides is 2. The number of likely N-dealkylation sites (N-methyl/N-ethyl adjacent to an activating group) is 1. The predicted octanol–water partition coefficient (Wildman–Crippen LogP) is 6.05. The van der Waals surface area contributed by atoms with Crippen molar-refractivity contribution in [2.45, 2.75) is 65.2 Å². The Labute approximate surface area is 234 Å². The maximum Gasteiger partial charge on any atom is 0.411 e. The first-order valence-corrected chi connectivity index (χ1v) is 13.2. The van der Waals surface area contributed by atoms with Gasteiger partial charge in [0.15, 0.2) is 0 Å². The maximum atomic E-state index is 13.2. The largest absolute Gasteiger partial charge is 0.502 e. The maximum absolute atomic E-state index is 13.2. The van der Waals surface area contributed by atoms with Crippen LogP contribution in [0.5, 0.6) is 5.75 Å². The molecule has 4 rings (SSSR count). The van der Waals surface area contributed by atoms with Crippen LogP contribution in [-0.2, 0) is 16.0 Å². The second-order valence-corrected chi connectivity index (χ2v) is 11.2. The van der Waals surface area contributed by atoms with Gasteiger partial charge in [0.1, 0.15) is 17.9 Å². The van der Waals surface area contributed by atoms with E-state index in [4.69, 9.17) is 20.6 Å². The molecule has 0 aliphatic heterocycles. The van der Waals surface area contributed by atoms with Gasteiger partial charge < -0.3 is 18.9 Å². The molecule has 0 spiro atoms. The normalized spacial score (nSPS) is 14.4. The lowest BCUT2D eigenvalue weighted by Gasteiger charge is -2.32. The Morgan fingerprint density at radius 1 is 1.20 bits per heavy atom. The molecule has 0 fully saturated rings. The van der Waals surface area contributed by atoms with Crippen LogP contribution in [0.25, 0.3) is 27.7 Å². The first-order valence-electron chi connectivity index (χ1n) is 13.2. The molecule has 0 bridgehead atoms. The number of aromatic nitrogens is 2. The SMILES string of the molecule is [C-]#[N+]c1cc(-c2nc(-c3cccc4c3CC[C@@H]4N(CC(=O)N(C)C)C(=O)OC(C)(C)C)no2)ccc1OC(C)C. The molecule has 2 aromatic carbocycles. The van der Waals surface area contributed by atoms with Gasteiger partial charge in [-0.15, -0.1) is 0 Å². The Balaban J connectivity index is 1.66. The van der Waals surface area contributed by atoms with Crippen molar-refractivity contribution in [2.24, 2.45) is 0 Å². The van der Waals surface area contributed by atoms with E-state index in [0.717, 1.165) is 16.7 Å². The molecule has 0 unspecified atom stereocenters. The van der Waals surface area contributed by atoms with Crippen molar-refractivity contribution in [2.75, 3.05) is 20.6 Å². The molecule has 0 radical (unpaired) electrons. The smallest absolute Gasteiger partial charge is 0.411 e. The topological polar surface area (TPSA) is 102 Å². The van der Waals surface area contributed by atoms with Crippen LogP contribution in [0, 0.1) is 6.57 Å². The highest BCUT2D eigenvalue weighted by atomic mass is 16.6. The van der Waals surface area contributed by atoms with Crippen LogP contribution in [0.15, 0.2) is 40.9 Å². The summed E-state index contributed by atoms with van der Waals surface area (Å²) in [7, 11) is 3.33. The molecule has 210 valence electrons. The lowest BCUT2D eigenvalue weighted by Crippen LogP contribution is -2.44. The van der Waals surface area contributed by atoms with Gasteiger partial charge in [0.25, 0.3) is 5.89 Å². The van der Waals surface area contributed by atoms with Crippen LogP contribution in [-0.4, -0.2) is 64.3 Å². The molecule has 0 saturated heterocycles. The fraction of sp³-hybridized carbons (Fsp3) is 0.433. The van der Waals surface area contributed by atoms with Crippen molar-refractivity contribution in [3.8, 4) is 28.6 Å². The summed E-state index contributed by atoms with van der Waals surface area (Å²) < 4.78 is 17.0. The number of fused-ring (bicyclic) bond motifs is 1. The summed E-state index contributed by atoms with van der Waals surface area (Å²) in [5.41, 5.74) is 2.99. The third kappa shape index (κ3) is 6.25. The Morgan fingerprint density at radius 3 is 2.60 bits per heavy atom. The second-order valence-electron chi connectivity index (χ2n) is 11.2. The summed E-state index contributed by atoms with van der Waals surface area (Å²) in [5.74, 6) is 1.01. The number of carbonyl (C=O) groups excluding carboxylic acids is 2. The zero-order valence-corrected chi connectivity index (χ0v) is 24.0. The van der Waals surface area contributed by atoms with Crippen molar-refractivity contribution in [1.82, 2.24) is 19.9 Å². The van der Waals surface area contributed by atoms with E-state index in [0.29, 0.717) is 35.7 Å². The number of hydrogen-bond acceptors (Lipinski definition) is 7. The standard InChI is InChI=1S/C30H35N5O5/c1-18(2)38-25-15-12-19(16-23(25)31-6)28-32-27(33-40-28)22-11-9-10-21-20(22)13-14-24(21)35(17-26(36)34(7)8)29(37)39-30(3,4)5/h9-12,15-16,18,24H,13-14,17H2,1-5,7-8H3/t24-/m0/s1. The molecule has 1 heterocycles. The number of nitrogens with zero attached hydrogens (tertiary/aromatic N) is 5. The average Bonchev–Trinajstić information content (AvgIpc) is 3.53. The number of benzene rings is 2. The fourth-order valence-electron chi connectivity index (χ4n) is 4.62. The number of hydrogen-bond donors (Lipinski definition) is 0. The highest BCUT2D eigenvalue weighted by Crippen LogP contribution is 2.41. The molecule has 0 saturated carbocycles. The highest BCUT2D eigenvalue weighted by Gasteiger charge is 2.36. The fourth-order valence-corrected chi connectivity index (χ4v) is 4.62. The summed E-state index contributed by atoms with van der Waals surface area (Å²) in [5, 5.41) is 4.23. The van der Waals surface area contributed by atoms with Crippen molar-refractivity contribution < 1.29 is 23.6 Å². The monoisotopic (exact) mass is 545 g/mol. The summed E-state index contributed by atoms with van der Waals surface area (Å²) in [4.78, 5) is 37.1. The molecule has 1 atom stereocenters. The molecule has 2 amide bonds. The lowest BCUT2D eigenvalue weighted by molar-refractivity contribution is -0.130. The van der Waals surface area contributed by atoms with Gasteiger partial charge in [0.2, 0.25) is 17.4 Å². The molecule has 40 heavy (non-hydrogen) atoms. The minimum atomic E-state index is -0.701. The molecule has 1 aliphatic rings. The molecular weight excluding hydrogens is 510 g/mol. The van der Waals surface area contributed by atoms with Gasteiger partial charge in [-0.25, -0.2) is 9.64 Å². The Bertz CT molecular complexity index is 1450. The summed E-state index contributed by atoms with van der Waals surface area (Å²) >= 11 is 0. The van der Waals surface area contributed by atoms with Crippen LogP contribution in [0.2, 0.25) is 0 Å². The van der Waals surface area contributed by atoms with Crippen LogP contribution in [0.1, 0.15) is 58.2 Å². The summed E-state index contributed by atoms with van der Waals surface area (Å²) in [6.07, 6.45) is 0.701. The number of carbonyl (C=O) groups is 2. The van der Waals surface area contributed by atoms with Gasteiger partial charge in [-0.2, -0.15) is 4.98 Å². The molecular formula is C30H35N5O5. The molecule has 1 aliphatic carbocycles. The summed E-state index contributed by atoms with van der Waals surface area (Å²) in [6.45, 7) is 16.6. The minimum Gasteiger partial charge on any atom is -0.502 e. The van der Waals surface area contributed by atoms with Gasteiger partial charge in [-0.3, -0.25) is 9.69 Å². The van der Waals surface area contributed by atoms with Crippen LogP contribution in [0.4, 0.5) is 10.5 Å². The second kappa shape index (κ2) is 11.4. The number of rotatable bonds is 7. The average molecular weight is 546 g/mol. The van der Waals surface area contributed by atoms with Gasteiger partial charge in [-0.05, 0) is 76.8 Å². The van der Waals surface area contributed by atoms with E-state index in [-0.39, 0.29) is 30.5 Å². The molecule has 3 aromatic rings. The van der Waals surface area contributed by atoms with Gasteiger partial charge in [0.05, 0.1) is 18.7 Å². The van der Waals surface area contributed by atoms with E-state index < -0.39 is 11.7 Å². The Morgan fingerprint density at radius 2 is 1.95 bits per heavy atom. The van der Waals surface area contributed by atoms with Crippen LogP contribution in [0.3, 0.4) is 0 Å². The highest BCUT2D eigenvalue weighted by molar-refractivity contribution is 5.82. The molecule has 10 heteroatoms. The van der Waals surface area contributed by atoms with E-state index >= 15 is 0 Å². The van der Waals surface area contributed by atoms with E-state index in [1.54, 1.807) is 53.1 Å². The van der Waals surface area contributed by atoms with Crippen molar-refractivity contribution in [3.05, 3.63) is 58.9 Å². The third-order valence-electron chi connectivity index (χ3n) is 6.40. The van der Waals surface area contributed by atoms with Gasteiger partial charge in [0, 0.05) is 25.2 Å². The zero-order chi connectivity index (χ0) is 29.2. The van der Waals surface area contributed by atoms with Crippen molar-refractivity contribution >= 4 is 17.7 Å². The Kier molecular flexibility index (Phi) is 8.14. The zero-order valence-electron chi connectivity index (χ0n) is 24.0. The predicted molar refractivity (Wildman–Crippen MR) is 150 cm³/mol. The van der Waals surface area contributed by atoms with E-state index in [9.17, 15) is 9.59 Å². The van der Waals surface area contributed by atoms with E-state index in [1.807, 2.05) is 32.0 Å². The quantitative estimate of drug-likeness (QED) is 0.333. The summed E-state index contributed by atoms with van der Waals surface area (Å²) in [6, 6.07) is 10.6. The van der Waals surface area contributed by atoms with Crippen molar-refractivity contribution in [3.63, 3.8) is 0 Å². The third-order valence-corrected chi connectivity index (χ3v) is 6.40. The minimum absolute atomic E-state index is 0.0578. The van der Waals surface area contributed by atoms with Crippen LogP contribution < -0.4 is 4.74 Å². The van der Waals surface area contributed by atoms with Crippen LogP contribution >= 0.6 is 0 Å². The van der Waals surface area contributed by atoms with Crippen molar-refractivity contribution in [1.29, 1.82) is 0 Å². The van der Waals surface area contributed by atoms with E-state index in [1.165, 1.54) is 9.80 Å².